The van der Waals surface area contributed by atoms with Crippen molar-refractivity contribution in [2.24, 2.45) is 5.92 Å². The topological polar surface area (TPSA) is 106 Å². The molecule has 2 amide bonds. The number of likely N-dealkylation sites (tertiary alicyclic amines) is 1. The lowest BCUT2D eigenvalue weighted by atomic mass is 10.1. The highest BCUT2D eigenvalue weighted by Gasteiger charge is 2.34. The Balaban J connectivity index is 1.30. The number of nitrogens with zero attached hydrogens (tertiary/aromatic N) is 4. The van der Waals surface area contributed by atoms with Gasteiger partial charge in [-0.2, -0.15) is 0 Å². The standard InChI is InChI=1S/C30H28N6O2/c31-28-27-26(21-12-14-22(15-13-21)30(38)33-23-6-3-1-2-4-7-23)34-29(36(27)19-17-32-28)24-8-5-18-35(24)25(37)16-11-20-9-10-20/h1-3,6-7,12-15,17,19-20,24H,4-5,8-10,18H2,(H2,31,32)(H,33,38)/t24-/m0/s1. The smallest absolute Gasteiger partial charge is 0.299 e. The van der Waals surface area contributed by atoms with E-state index in [1.54, 1.807) is 18.3 Å². The molecule has 8 nitrogen and oxygen atoms in total. The van der Waals surface area contributed by atoms with E-state index in [4.69, 9.17) is 10.7 Å². The molecule has 8 heteroatoms. The first kappa shape index (κ1) is 23.7. The van der Waals surface area contributed by atoms with Gasteiger partial charge < -0.3 is 16.0 Å². The Hall–Kier alpha value is -4.64. The molecule has 3 aromatic rings. The first-order valence-electron chi connectivity index (χ1n) is 13.0. The van der Waals surface area contributed by atoms with Crippen LogP contribution in [0.2, 0.25) is 0 Å². The van der Waals surface area contributed by atoms with Crippen molar-refractivity contribution in [1.82, 2.24) is 24.6 Å². The zero-order chi connectivity index (χ0) is 26.1. The molecule has 6 rings (SSSR count). The number of carbonyl (C=O) groups excluding carboxylic acids is 2. The fraction of sp³-hybridized carbons (Fsp3) is 0.267. The zero-order valence-corrected chi connectivity index (χ0v) is 20.9. The Morgan fingerprint density at radius 1 is 1.11 bits per heavy atom. The quantitative estimate of drug-likeness (QED) is 0.519. The average molecular weight is 505 g/mol. The number of benzene rings is 1. The van der Waals surface area contributed by atoms with Gasteiger partial charge in [0.15, 0.2) is 0 Å². The molecule has 0 unspecified atom stereocenters. The molecule has 38 heavy (non-hydrogen) atoms. The first-order valence-corrected chi connectivity index (χ1v) is 13.0. The highest BCUT2D eigenvalue weighted by Crippen LogP contribution is 2.36. The number of hydrogen-bond acceptors (Lipinski definition) is 5. The second-order valence-corrected chi connectivity index (χ2v) is 9.76. The van der Waals surface area contributed by atoms with E-state index in [0.29, 0.717) is 35.1 Å². The van der Waals surface area contributed by atoms with E-state index in [0.717, 1.165) is 49.2 Å². The maximum Gasteiger partial charge on any atom is 0.299 e. The van der Waals surface area contributed by atoms with Gasteiger partial charge in [0.1, 0.15) is 22.9 Å². The van der Waals surface area contributed by atoms with Crippen LogP contribution >= 0.6 is 0 Å². The third kappa shape index (κ3) is 4.71. The summed E-state index contributed by atoms with van der Waals surface area (Å²) in [6, 6.07) is 7.09. The van der Waals surface area contributed by atoms with Crippen molar-refractivity contribution in [3.63, 3.8) is 0 Å². The van der Waals surface area contributed by atoms with Gasteiger partial charge in [-0.1, -0.05) is 42.4 Å². The molecule has 0 bridgehead atoms. The van der Waals surface area contributed by atoms with Gasteiger partial charge in [0.2, 0.25) is 0 Å². The molecule has 190 valence electrons. The predicted molar refractivity (Wildman–Crippen MR) is 145 cm³/mol. The SMILES string of the molecule is Nc1nccn2c([C@@H]3CCCN3C(=O)C#CC3CC3)nc(-c3ccc(C(=O)NC4=CCC=CC=C4)cc3)c12. The number of nitrogens with two attached hydrogens (primary N) is 1. The van der Waals surface area contributed by atoms with Crippen LogP contribution in [0.3, 0.4) is 0 Å². The number of imidazole rings is 1. The van der Waals surface area contributed by atoms with E-state index in [2.05, 4.69) is 22.1 Å². The van der Waals surface area contributed by atoms with Gasteiger partial charge in [0.05, 0.1) is 6.04 Å². The minimum absolute atomic E-state index is 0.149. The molecular weight excluding hydrogens is 476 g/mol. The third-order valence-electron chi connectivity index (χ3n) is 7.06. The largest absolute Gasteiger partial charge is 0.382 e. The number of nitrogens with one attached hydrogen (secondary N) is 1. The molecule has 2 aromatic heterocycles. The summed E-state index contributed by atoms with van der Waals surface area (Å²) in [4.78, 5) is 36.9. The second-order valence-electron chi connectivity index (χ2n) is 9.76. The van der Waals surface area contributed by atoms with Crippen LogP contribution in [-0.4, -0.2) is 37.6 Å². The van der Waals surface area contributed by atoms with Crippen molar-refractivity contribution in [3.8, 4) is 23.1 Å². The highest BCUT2D eigenvalue weighted by molar-refractivity contribution is 5.96. The summed E-state index contributed by atoms with van der Waals surface area (Å²) in [5.41, 5.74) is 9.80. The molecule has 0 spiro atoms. The third-order valence-corrected chi connectivity index (χ3v) is 7.06. The molecule has 1 atom stereocenters. The summed E-state index contributed by atoms with van der Waals surface area (Å²) in [7, 11) is 0. The Kier molecular flexibility index (Phi) is 6.26. The number of rotatable bonds is 4. The average Bonchev–Trinajstić information content (AvgIpc) is 3.58. The molecular formula is C30H28N6O2. The van der Waals surface area contributed by atoms with Crippen LogP contribution in [0.5, 0.6) is 0 Å². The number of anilines is 1. The van der Waals surface area contributed by atoms with Crippen LogP contribution in [0.1, 0.15) is 54.3 Å². The van der Waals surface area contributed by atoms with Crippen molar-refractivity contribution in [1.29, 1.82) is 0 Å². The summed E-state index contributed by atoms with van der Waals surface area (Å²) in [6.07, 6.45) is 17.8. The Bertz CT molecular complexity index is 1560. The number of carbonyl (C=O) groups is 2. The molecule has 1 aromatic carbocycles. The van der Waals surface area contributed by atoms with E-state index in [9.17, 15) is 9.59 Å². The normalized spacial score (nSPS) is 18.6. The molecule has 2 aliphatic carbocycles. The molecule has 1 aliphatic heterocycles. The minimum atomic E-state index is -0.195. The van der Waals surface area contributed by atoms with Crippen molar-refractivity contribution in [2.45, 2.75) is 38.1 Å². The van der Waals surface area contributed by atoms with Crippen LogP contribution in [0.25, 0.3) is 16.8 Å². The van der Waals surface area contributed by atoms with Crippen molar-refractivity contribution >= 4 is 23.1 Å². The fourth-order valence-corrected chi connectivity index (χ4v) is 4.92. The number of amides is 2. The van der Waals surface area contributed by atoms with Crippen LogP contribution in [0.4, 0.5) is 5.82 Å². The van der Waals surface area contributed by atoms with Gasteiger partial charge in [-0.05, 0) is 56.2 Å². The lowest BCUT2D eigenvalue weighted by Crippen LogP contribution is -2.30. The number of allylic oxidation sites excluding steroid dienone is 5. The van der Waals surface area contributed by atoms with Gasteiger partial charge in [0, 0.05) is 41.7 Å². The zero-order valence-electron chi connectivity index (χ0n) is 20.9. The molecule has 1 saturated heterocycles. The maximum atomic E-state index is 12.9. The van der Waals surface area contributed by atoms with Crippen LogP contribution < -0.4 is 11.1 Å². The van der Waals surface area contributed by atoms with Gasteiger partial charge in [-0.3, -0.25) is 14.0 Å². The minimum Gasteiger partial charge on any atom is -0.382 e. The van der Waals surface area contributed by atoms with Crippen LogP contribution in [-0.2, 0) is 4.79 Å². The lowest BCUT2D eigenvalue weighted by Gasteiger charge is -2.21. The predicted octanol–water partition coefficient (Wildman–Crippen LogP) is 4.19. The molecule has 2 fully saturated rings. The Labute approximate surface area is 221 Å². The molecule has 0 radical (unpaired) electrons. The van der Waals surface area contributed by atoms with Crippen LogP contribution in [0, 0.1) is 17.8 Å². The Morgan fingerprint density at radius 3 is 2.76 bits per heavy atom. The van der Waals surface area contributed by atoms with E-state index < -0.39 is 0 Å². The first-order chi connectivity index (χ1) is 18.6. The Morgan fingerprint density at radius 2 is 1.95 bits per heavy atom. The number of hydrogen-bond donors (Lipinski definition) is 2. The van der Waals surface area contributed by atoms with Gasteiger partial charge >= 0.3 is 0 Å². The van der Waals surface area contributed by atoms with E-state index in [-0.39, 0.29) is 17.9 Å². The summed E-state index contributed by atoms with van der Waals surface area (Å²) in [5, 5.41) is 2.95. The van der Waals surface area contributed by atoms with Crippen molar-refractivity contribution in [3.05, 3.63) is 84.1 Å². The molecule has 3 N–H and O–H groups in total. The van der Waals surface area contributed by atoms with Gasteiger partial charge in [-0.15, -0.1) is 0 Å². The van der Waals surface area contributed by atoms with Gasteiger partial charge in [-0.25, -0.2) is 9.97 Å². The molecule has 3 heterocycles. The lowest BCUT2D eigenvalue weighted by molar-refractivity contribution is -0.126. The molecule has 1 saturated carbocycles. The fourth-order valence-electron chi connectivity index (χ4n) is 4.92. The summed E-state index contributed by atoms with van der Waals surface area (Å²) >= 11 is 0. The van der Waals surface area contributed by atoms with Crippen LogP contribution in [0.15, 0.2) is 72.7 Å². The van der Waals surface area contributed by atoms with Crippen molar-refractivity contribution in [2.75, 3.05) is 12.3 Å². The number of nitrogen functional groups attached to an aromatic ring is 1. The monoisotopic (exact) mass is 504 g/mol. The number of fused-ring (bicyclic) bond motifs is 1. The summed E-state index contributed by atoms with van der Waals surface area (Å²) in [6.45, 7) is 0.652. The van der Waals surface area contributed by atoms with E-state index in [1.807, 2.05) is 58.0 Å². The van der Waals surface area contributed by atoms with E-state index >= 15 is 0 Å². The summed E-state index contributed by atoms with van der Waals surface area (Å²) < 4.78 is 1.93. The summed E-state index contributed by atoms with van der Waals surface area (Å²) in [5.74, 6) is 7.06. The second kappa shape index (κ2) is 10.0. The van der Waals surface area contributed by atoms with Gasteiger partial charge in [0.25, 0.3) is 11.8 Å². The van der Waals surface area contributed by atoms with Crippen molar-refractivity contribution < 1.29 is 9.59 Å². The highest BCUT2D eigenvalue weighted by atomic mass is 16.2. The number of aromatic nitrogens is 3. The molecule has 3 aliphatic rings. The van der Waals surface area contributed by atoms with E-state index in [1.165, 1.54) is 0 Å². The maximum absolute atomic E-state index is 12.9.